The van der Waals surface area contributed by atoms with Crippen LogP contribution in [-0.4, -0.2) is 9.97 Å². The zero-order valence-corrected chi connectivity index (χ0v) is 13.4. The van der Waals surface area contributed by atoms with Gasteiger partial charge in [-0.1, -0.05) is 55.8 Å². The number of rotatable bonds is 1. The molecular weight excluding hydrogens is 340 g/mol. The maximum atomic E-state index is 6.10. The van der Waals surface area contributed by atoms with Gasteiger partial charge in [0.05, 0.1) is 9.86 Å². The van der Waals surface area contributed by atoms with E-state index in [9.17, 15) is 0 Å². The SMILES string of the molecule is CC1(C)C=CC=C(c2oc3ncnc(Cl)c3c2Br)C=C1. The van der Waals surface area contributed by atoms with E-state index in [1.807, 2.05) is 18.2 Å². The quantitative estimate of drug-likeness (QED) is 0.665. The van der Waals surface area contributed by atoms with Gasteiger partial charge in [-0.2, -0.15) is 0 Å². The van der Waals surface area contributed by atoms with E-state index in [4.69, 9.17) is 16.0 Å². The monoisotopic (exact) mass is 350 g/mol. The van der Waals surface area contributed by atoms with Crippen molar-refractivity contribution < 1.29 is 4.42 Å². The van der Waals surface area contributed by atoms with Crippen LogP contribution >= 0.6 is 27.5 Å². The van der Waals surface area contributed by atoms with Crippen molar-refractivity contribution in [3.8, 4) is 0 Å². The molecule has 2 heterocycles. The summed E-state index contributed by atoms with van der Waals surface area (Å²) in [7, 11) is 0. The average molecular weight is 352 g/mol. The molecule has 102 valence electrons. The highest BCUT2D eigenvalue weighted by atomic mass is 79.9. The van der Waals surface area contributed by atoms with Crippen LogP contribution in [0.25, 0.3) is 16.7 Å². The van der Waals surface area contributed by atoms with Gasteiger partial charge < -0.3 is 4.42 Å². The zero-order valence-electron chi connectivity index (χ0n) is 11.0. The van der Waals surface area contributed by atoms with Gasteiger partial charge in [-0.15, -0.1) is 0 Å². The molecule has 2 aromatic heterocycles. The van der Waals surface area contributed by atoms with E-state index in [0.29, 0.717) is 22.0 Å². The Labute approximate surface area is 130 Å². The first kappa shape index (κ1) is 13.6. The second kappa shape index (κ2) is 4.86. The van der Waals surface area contributed by atoms with Crippen LogP contribution in [0.3, 0.4) is 0 Å². The van der Waals surface area contributed by atoms with Crippen molar-refractivity contribution in [1.29, 1.82) is 0 Å². The zero-order chi connectivity index (χ0) is 14.3. The molecular formula is C15H12BrClN2O. The topological polar surface area (TPSA) is 38.9 Å². The van der Waals surface area contributed by atoms with Crippen molar-refractivity contribution in [2.75, 3.05) is 0 Å². The number of furan rings is 1. The van der Waals surface area contributed by atoms with Gasteiger partial charge in [-0.05, 0) is 15.9 Å². The largest absolute Gasteiger partial charge is 0.436 e. The van der Waals surface area contributed by atoms with Gasteiger partial charge in [0.1, 0.15) is 11.5 Å². The predicted molar refractivity (Wildman–Crippen MR) is 84.6 cm³/mol. The van der Waals surface area contributed by atoms with Gasteiger partial charge in [0.2, 0.25) is 5.71 Å². The summed E-state index contributed by atoms with van der Waals surface area (Å²) >= 11 is 9.63. The fraction of sp³-hybridized carbons (Fsp3) is 0.200. The molecule has 0 amide bonds. The summed E-state index contributed by atoms with van der Waals surface area (Å²) in [6, 6.07) is 0. The molecule has 5 heteroatoms. The van der Waals surface area contributed by atoms with Crippen molar-refractivity contribution in [1.82, 2.24) is 9.97 Å². The van der Waals surface area contributed by atoms with Crippen molar-refractivity contribution in [3.63, 3.8) is 0 Å². The summed E-state index contributed by atoms with van der Waals surface area (Å²) < 4.78 is 6.59. The molecule has 3 nitrogen and oxygen atoms in total. The Kier molecular flexibility index (Phi) is 3.30. The second-order valence-electron chi connectivity index (χ2n) is 5.23. The molecule has 3 rings (SSSR count). The summed E-state index contributed by atoms with van der Waals surface area (Å²) in [6.45, 7) is 4.29. The third-order valence-electron chi connectivity index (χ3n) is 3.14. The summed E-state index contributed by atoms with van der Waals surface area (Å²) in [4.78, 5) is 8.09. The number of halogens is 2. The fourth-order valence-electron chi connectivity index (χ4n) is 2.02. The van der Waals surface area contributed by atoms with E-state index in [1.165, 1.54) is 6.33 Å². The van der Waals surface area contributed by atoms with Gasteiger partial charge in [0.25, 0.3) is 0 Å². The van der Waals surface area contributed by atoms with E-state index in [2.05, 4.69) is 51.9 Å². The lowest BCUT2D eigenvalue weighted by molar-refractivity contribution is 0.586. The number of allylic oxidation sites excluding steroid dienone is 6. The van der Waals surface area contributed by atoms with Gasteiger partial charge in [-0.25, -0.2) is 9.97 Å². The molecule has 0 radical (unpaired) electrons. The Morgan fingerprint density at radius 1 is 1.25 bits per heavy atom. The molecule has 0 saturated heterocycles. The van der Waals surface area contributed by atoms with Crippen LogP contribution in [0.1, 0.15) is 19.6 Å². The molecule has 2 aromatic rings. The van der Waals surface area contributed by atoms with E-state index in [0.717, 1.165) is 10.0 Å². The van der Waals surface area contributed by atoms with Gasteiger partial charge >= 0.3 is 0 Å². The lowest BCUT2D eigenvalue weighted by Crippen LogP contribution is -2.00. The van der Waals surface area contributed by atoms with Crippen LogP contribution in [0.4, 0.5) is 0 Å². The van der Waals surface area contributed by atoms with E-state index >= 15 is 0 Å². The Morgan fingerprint density at radius 3 is 2.80 bits per heavy atom. The number of aromatic nitrogens is 2. The van der Waals surface area contributed by atoms with Crippen LogP contribution < -0.4 is 0 Å². The van der Waals surface area contributed by atoms with Gasteiger partial charge in [-0.3, -0.25) is 0 Å². The summed E-state index contributed by atoms with van der Waals surface area (Å²) in [5.74, 6) is 0.709. The number of nitrogens with zero attached hydrogens (tertiary/aromatic N) is 2. The first-order valence-electron chi connectivity index (χ1n) is 6.15. The van der Waals surface area contributed by atoms with Crippen LogP contribution in [-0.2, 0) is 0 Å². The van der Waals surface area contributed by atoms with Crippen molar-refractivity contribution in [2.45, 2.75) is 13.8 Å². The molecule has 0 fully saturated rings. The van der Waals surface area contributed by atoms with Crippen molar-refractivity contribution >= 4 is 44.2 Å². The van der Waals surface area contributed by atoms with E-state index < -0.39 is 0 Å². The predicted octanol–water partition coefficient (Wildman–Crippen LogP) is 5.17. The smallest absolute Gasteiger partial charge is 0.232 e. The van der Waals surface area contributed by atoms with E-state index in [1.54, 1.807) is 0 Å². The second-order valence-corrected chi connectivity index (χ2v) is 6.38. The molecule has 0 aromatic carbocycles. The molecule has 20 heavy (non-hydrogen) atoms. The van der Waals surface area contributed by atoms with Gasteiger partial charge in [0.15, 0.2) is 5.76 Å². The number of hydrogen-bond donors (Lipinski definition) is 0. The Hall–Kier alpha value is -1.39. The highest BCUT2D eigenvalue weighted by molar-refractivity contribution is 9.10. The molecule has 0 spiro atoms. The third kappa shape index (κ3) is 2.34. The van der Waals surface area contributed by atoms with Crippen molar-refractivity contribution in [2.24, 2.45) is 5.41 Å². The highest BCUT2D eigenvalue weighted by Crippen LogP contribution is 2.38. The standard InChI is InChI=1S/C15H12BrClN2O/c1-15(2)6-3-4-9(5-7-15)12-11(16)10-13(17)18-8-19-14(10)20-12/h3-8H,1-2H3. The van der Waals surface area contributed by atoms with Gasteiger partial charge in [0, 0.05) is 11.0 Å². The fourth-order valence-corrected chi connectivity index (χ4v) is 3.02. The summed E-state index contributed by atoms with van der Waals surface area (Å²) in [5.41, 5.74) is 1.47. The molecule has 0 aliphatic heterocycles. The molecule has 0 N–H and O–H groups in total. The first-order chi connectivity index (χ1) is 9.48. The molecule has 0 saturated carbocycles. The maximum absolute atomic E-state index is 6.10. The van der Waals surface area contributed by atoms with Crippen LogP contribution in [0.5, 0.6) is 0 Å². The number of hydrogen-bond acceptors (Lipinski definition) is 3. The Balaban J connectivity index is 2.17. The van der Waals surface area contributed by atoms with Crippen LogP contribution in [0, 0.1) is 5.41 Å². The molecule has 0 atom stereocenters. The minimum absolute atomic E-state index is 0.0220. The third-order valence-corrected chi connectivity index (χ3v) is 4.18. The minimum Gasteiger partial charge on any atom is -0.436 e. The summed E-state index contributed by atoms with van der Waals surface area (Å²) in [5, 5.41) is 1.08. The summed E-state index contributed by atoms with van der Waals surface area (Å²) in [6.07, 6.45) is 11.8. The van der Waals surface area contributed by atoms with Crippen LogP contribution in [0.2, 0.25) is 5.15 Å². The Bertz CT molecular complexity index is 772. The molecule has 1 aliphatic rings. The lowest BCUT2D eigenvalue weighted by Gasteiger charge is -2.12. The number of fused-ring (bicyclic) bond motifs is 1. The van der Waals surface area contributed by atoms with Crippen molar-refractivity contribution in [3.05, 3.63) is 52.1 Å². The highest BCUT2D eigenvalue weighted by Gasteiger charge is 2.19. The lowest BCUT2D eigenvalue weighted by atomic mass is 9.93. The van der Waals surface area contributed by atoms with E-state index in [-0.39, 0.29) is 5.41 Å². The minimum atomic E-state index is 0.0220. The molecule has 1 aliphatic carbocycles. The van der Waals surface area contributed by atoms with Crippen LogP contribution in [0.15, 0.2) is 45.6 Å². The Morgan fingerprint density at radius 2 is 2.05 bits per heavy atom. The average Bonchev–Trinajstić information content (AvgIpc) is 2.61. The first-order valence-corrected chi connectivity index (χ1v) is 7.33. The maximum Gasteiger partial charge on any atom is 0.232 e. The molecule has 0 unspecified atom stereocenters. The molecule has 0 bridgehead atoms. The normalized spacial score (nSPS) is 17.3.